The van der Waals surface area contributed by atoms with E-state index in [1.54, 1.807) is 30.3 Å². The van der Waals surface area contributed by atoms with Crippen LogP contribution in [0.5, 0.6) is 11.5 Å². The number of aryl methyl sites for hydroxylation is 1. The number of nitrogens with zero attached hydrogens (tertiary/aromatic N) is 2. The second kappa shape index (κ2) is 11.7. The van der Waals surface area contributed by atoms with Crippen molar-refractivity contribution in [2.75, 3.05) is 30.8 Å². The molecule has 0 aliphatic heterocycles. The summed E-state index contributed by atoms with van der Waals surface area (Å²) in [7, 11) is -2.16. The molecule has 0 bridgehead atoms. The number of carbonyl (C=O) groups is 1. The van der Waals surface area contributed by atoms with E-state index < -0.39 is 22.5 Å². The Balaban J connectivity index is 2.15. The largest absolute Gasteiger partial charge is 0.493 e. The van der Waals surface area contributed by atoms with Gasteiger partial charge in [0, 0.05) is 0 Å². The summed E-state index contributed by atoms with van der Waals surface area (Å²) in [6.45, 7) is 5.46. The average molecular weight is 524 g/mol. The van der Waals surface area contributed by atoms with Gasteiger partial charge in [-0.05, 0) is 51.7 Å². The number of halogens is 1. The van der Waals surface area contributed by atoms with E-state index in [0.717, 1.165) is 16.1 Å². The molecule has 0 heterocycles. The number of hydrogen-bond acceptors (Lipinski definition) is 6. The van der Waals surface area contributed by atoms with E-state index in [0.29, 0.717) is 40.3 Å². The predicted molar refractivity (Wildman–Crippen MR) is 130 cm³/mol. The third kappa shape index (κ3) is 6.83. The summed E-state index contributed by atoms with van der Waals surface area (Å²) in [6.07, 6.45) is 4.74. The molecular formula is C22H26BrN3O5S. The number of methoxy groups -OCH3 is 1. The summed E-state index contributed by atoms with van der Waals surface area (Å²) in [5.74, 6) is 0.426. The van der Waals surface area contributed by atoms with Crippen molar-refractivity contribution in [1.29, 1.82) is 0 Å². The van der Waals surface area contributed by atoms with Gasteiger partial charge in [0.1, 0.15) is 13.2 Å². The normalized spacial score (nSPS) is 11.2. The van der Waals surface area contributed by atoms with Gasteiger partial charge >= 0.3 is 0 Å². The lowest BCUT2D eigenvalue weighted by atomic mass is 10.1. The van der Waals surface area contributed by atoms with Gasteiger partial charge in [-0.25, -0.2) is 13.8 Å². The fraction of sp³-hybridized carbons (Fsp3) is 0.273. The molecule has 32 heavy (non-hydrogen) atoms. The molecule has 0 fully saturated rings. The van der Waals surface area contributed by atoms with Gasteiger partial charge in [-0.1, -0.05) is 37.8 Å². The molecule has 0 spiro atoms. The lowest BCUT2D eigenvalue weighted by Crippen LogP contribution is -2.39. The molecule has 0 saturated carbocycles. The van der Waals surface area contributed by atoms with Crippen LogP contribution in [0.4, 0.5) is 5.69 Å². The minimum Gasteiger partial charge on any atom is -0.493 e. The molecule has 0 radical (unpaired) electrons. The van der Waals surface area contributed by atoms with Gasteiger partial charge in [0.15, 0.2) is 11.5 Å². The minimum atomic E-state index is -3.67. The highest BCUT2D eigenvalue weighted by Crippen LogP contribution is 2.36. The van der Waals surface area contributed by atoms with Gasteiger partial charge in [0.2, 0.25) is 10.0 Å². The number of anilines is 1. The van der Waals surface area contributed by atoms with Gasteiger partial charge in [-0.15, -0.1) is 0 Å². The van der Waals surface area contributed by atoms with Gasteiger partial charge in [0.25, 0.3) is 5.91 Å². The number of hydrazone groups is 1. The minimum absolute atomic E-state index is 0.316. The molecule has 2 aromatic rings. The van der Waals surface area contributed by atoms with Gasteiger partial charge in [0.05, 0.1) is 29.7 Å². The molecule has 0 unspecified atom stereocenters. The van der Waals surface area contributed by atoms with E-state index in [4.69, 9.17) is 9.47 Å². The Morgan fingerprint density at radius 2 is 2.03 bits per heavy atom. The third-order valence-corrected chi connectivity index (χ3v) is 6.04. The van der Waals surface area contributed by atoms with Crippen LogP contribution in [0.2, 0.25) is 0 Å². The first-order valence-corrected chi connectivity index (χ1v) is 12.3. The maximum Gasteiger partial charge on any atom is 0.260 e. The molecule has 2 aromatic carbocycles. The Labute approximate surface area is 197 Å². The van der Waals surface area contributed by atoms with E-state index >= 15 is 0 Å². The van der Waals surface area contributed by atoms with Crippen LogP contribution in [0, 0.1) is 0 Å². The fourth-order valence-corrected chi connectivity index (χ4v) is 4.34. The highest BCUT2D eigenvalue weighted by molar-refractivity contribution is 9.10. The zero-order chi connectivity index (χ0) is 23.7. The fourth-order valence-electron chi connectivity index (χ4n) is 2.88. The lowest BCUT2D eigenvalue weighted by molar-refractivity contribution is -0.119. The summed E-state index contributed by atoms with van der Waals surface area (Å²) in [4.78, 5) is 12.4. The van der Waals surface area contributed by atoms with Crippen LogP contribution in [-0.2, 0) is 21.2 Å². The number of benzene rings is 2. The molecule has 0 aliphatic rings. The summed E-state index contributed by atoms with van der Waals surface area (Å²) in [5.41, 5.74) is 4.30. The number of para-hydroxylation sites is 1. The van der Waals surface area contributed by atoms with Crippen LogP contribution in [0.15, 0.2) is 58.6 Å². The summed E-state index contributed by atoms with van der Waals surface area (Å²) < 4.78 is 37.3. The van der Waals surface area contributed by atoms with Crippen LogP contribution < -0.4 is 19.2 Å². The maximum absolute atomic E-state index is 12.4. The highest BCUT2D eigenvalue weighted by Gasteiger charge is 2.22. The Bertz CT molecular complexity index is 1100. The first-order chi connectivity index (χ1) is 15.2. The van der Waals surface area contributed by atoms with E-state index in [1.165, 1.54) is 13.3 Å². The van der Waals surface area contributed by atoms with Gasteiger partial charge < -0.3 is 9.47 Å². The Morgan fingerprint density at radius 1 is 1.31 bits per heavy atom. The van der Waals surface area contributed by atoms with E-state index in [-0.39, 0.29) is 0 Å². The van der Waals surface area contributed by atoms with Crippen LogP contribution >= 0.6 is 15.9 Å². The SMILES string of the molecule is C=CCOc1c(Br)cc(/C=N\NC(=O)CN(c2ccccc2CC)S(C)(=O)=O)cc1OC. The molecule has 1 amide bonds. The topological polar surface area (TPSA) is 97.3 Å². The van der Waals surface area contributed by atoms with E-state index in [9.17, 15) is 13.2 Å². The summed E-state index contributed by atoms with van der Waals surface area (Å²) in [5, 5.41) is 3.94. The summed E-state index contributed by atoms with van der Waals surface area (Å²) >= 11 is 3.42. The number of carbonyl (C=O) groups excluding carboxylic acids is 1. The number of ether oxygens (including phenoxy) is 2. The molecular weight excluding hydrogens is 498 g/mol. The van der Waals surface area contributed by atoms with Crippen molar-refractivity contribution in [2.45, 2.75) is 13.3 Å². The molecule has 1 N–H and O–H groups in total. The Kier molecular flexibility index (Phi) is 9.27. The van der Waals surface area contributed by atoms with E-state index in [1.807, 2.05) is 19.1 Å². The zero-order valence-electron chi connectivity index (χ0n) is 18.2. The molecule has 0 atom stereocenters. The molecule has 2 rings (SSSR count). The van der Waals surface area contributed by atoms with Crippen molar-refractivity contribution >= 4 is 43.8 Å². The first-order valence-electron chi connectivity index (χ1n) is 9.70. The standard InChI is InChI=1S/C22H26BrN3O5S/c1-5-11-31-22-18(23)12-16(13-20(22)30-3)14-24-25-21(27)15-26(32(4,28)29)19-10-8-7-9-17(19)6-2/h5,7-10,12-14H,1,6,11,15H2,2-4H3,(H,25,27)/b24-14-. The second-order valence-electron chi connectivity index (χ2n) is 6.68. The quantitative estimate of drug-likeness (QED) is 0.276. The number of hydrogen-bond donors (Lipinski definition) is 1. The van der Waals surface area contributed by atoms with Crippen molar-refractivity contribution < 1.29 is 22.7 Å². The van der Waals surface area contributed by atoms with Crippen LogP contribution in [0.25, 0.3) is 0 Å². The van der Waals surface area contributed by atoms with Crippen LogP contribution in [0.1, 0.15) is 18.1 Å². The van der Waals surface area contributed by atoms with Crippen molar-refractivity contribution in [1.82, 2.24) is 5.43 Å². The van der Waals surface area contributed by atoms with Crippen molar-refractivity contribution in [2.24, 2.45) is 5.10 Å². The lowest BCUT2D eigenvalue weighted by Gasteiger charge is -2.23. The zero-order valence-corrected chi connectivity index (χ0v) is 20.6. The van der Waals surface area contributed by atoms with Crippen molar-refractivity contribution in [3.63, 3.8) is 0 Å². The van der Waals surface area contributed by atoms with Gasteiger partial charge in [-0.2, -0.15) is 5.10 Å². The van der Waals surface area contributed by atoms with Crippen LogP contribution in [-0.4, -0.2) is 47.1 Å². The van der Waals surface area contributed by atoms with E-state index in [2.05, 4.69) is 33.0 Å². The molecule has 10 heteroatoms. The molecule has 0 saturated heterocycles. The molecule has 8 nitrogen and oxygen atoms in total. The monoisotopic (exact) mass is 523 g/mol. The van der Waals surface area contributed by atoms with Crippen LogP contribution in [0.3, 0.4) is 0 Å². The number of amides is 1. The number of rotatable bonds is 11. The Hall–Kier alpha value is -2.85. The predicted octanol–water partition coefficient (Wildman–Crippen LogP) is 3.50. The molecule has 0 aliphatic carbocycles. The maximum atomic E-state index is 12.4. The Morgan fingerprint density at radius 3 is 2.66 bits per heavy atom. The highest BCUT2D eigenvalue weighted by atomic mass is 79.9. The summed E-state index contributed by atoms with van der Waals surface area (Å²) in [6, 6.07) is 10.5. The third-order valence-electron chi connectivity index (χ3n) is 4.33. The van der Waals surface area contributed by atoms with Gasteiger partial charge in [-0.3, -0.25) is 9.10 Å². The smallest absolute Gasteiger partial charge is 0.260 e. The van der Waals surface area contributed by atoms with Crippen molar-refractivity contribution in [3.8, 4) is 11.5 Å². The molecule has 0 aromatic heterocycles. The second-order valence-corrected chi connectivity index (χ2v) is 9.44. The van der Waals surface area contributed by atoms with Crippen molar-refractivity contribution in [3.05, 3.63) is 64.7 Å². The number of nitrogens with one attached hydrogen (secondary N) is 1. The first kappa shape index (κ1) is 25.4. The number of sulfonamides is 1. The average Bonchev–Trinajstić information content (AvgIpc) is 2.75. The molecule has 172 valence electrons.